The number of hydrogen-bond acceptors (Lipinski definition) is 5. The first-order valence-corrected chi connectivity index (χ1v) is 12.4. The number of aromatic nitrogens is 1. The zero-order valence-corrected chi connectivity index (χ0v) is 20.6. The number of carbonyl (C=O) groups is 1. The number of amides is 1. The van der Waals surface area contributed by atoms with E-state index in [9.17, 15) is 22.8 Å². The molecule has 0 bridgehead atoms. The maximum atomic E-state index is 13.9. The summed E-state index contributed by atoms with van der Waals surface area (Å²) in [4.78, 5) is 32.2. The summed E-state index contributed by atoms with van der Waals surface area (Å²) in [6.45, 7) is 0.0852. The van der Waals surface area contributed by atoms with Gasteiger partial charge in [-0.2, -0.15) is 13.2 Å². The molecule has 1 N–H and O–H groups in total. The number of halogens is 3. The molecule has 1 amide bonds. The number of ether oxygens (including phenoxy) is 2. The molecule has 7 rings (SSSR count). The first-order chi connectivity index (χ1) is 19.3. The molecule has 2 aliphatic rings. The maximum Gasteiger partial charge on any atom is 0.416 e. The molecule has 2 aromatic heterocycles. The van der Waals surface area contributed by atoms with E-state index in [2.05, 4.69) is 4.98 Å². The zero-order valence-electron chi connectivity index (χ0n) is 20.6. The standard InChI is InChI=1S/C30H19F3N2O5/c31-30(32,33)18-5-3-4-16(12-18)22-10-11-24(40-22)29(37)35-14-20-26(34-21-7-2-1-6-19(21)28(20)36)27(35)17-8-9-23-25(13-17)39-15-38-23/h1-13,27H,14-15H2,(H,34,36). The highest BCUT2D eigenvalue weighted by Crippen LogP contribution is 2.42. The molecule has 200 valence electrons. The molecule has 0 fully saturated rings. The minimum absolute atomic E-state index is 0.00698. The monoisotopic (exact) mass is 544 g/mol. The number of benzene rings is 3. The Morgan fingerprint density at radius 2 is 1.75 bits per heavy atom. The van der Waals surface area contributed by atoms with E-state index < -0.39 is 23.7 Å². The summed E-state index contributed by atoms with van der Waals surface area (Å²) in [6.07, 6.45) is -4.52. The van der Waals surface area contributed by atoms with Crippen molar-refractivity contribution in [2.75, 3.05) is 6.79 Å². The largest absolute Gasteiger partial charge is 0.454 e. The molecular formula is C30H19F3N2O5. The van der Waals surface area contributed by atoms with Gasteiger partial charge in [0.15, 0.2) is 22.7 Å². The highest BCUT2D eigenvalue weighted by Gasteiger charge is 2.39. The van der Waals surface area contributed by atoms with Gasteiger partial charge in [0, 0.05) is 22.0 Å². The highest BCUT2D eigenvalue weighted by molar-refractivity contribution is 5.93. The van der Waals surface area contributed by atoms with Crippen LogP contribution in [0.2, 0.25) is 0 Å². The van der Waals surface area contributed by atoms with Gasteiger partial charge in [-0.25, -0.2) is 0 Å². The lowest BCUT2D eigenvalue weighted by Crippen LogP contribution is -2.30. The number of carbonyl (C=O) groups excluding carboxylic acids is 1. The summed E-state index contributed by atoms with van der Waals surface area (Å²) in [7, 11) is 0. The van der Waals surface area contributed by atoms with Crippen LogP contribution in [0, 0.1) is 0 Å². The van der Waals surface area contributed by atoms with Crippen molar-refractivity contribution in [3.63, 3.8) is 0 Å². The van der Waals surface area contributed by atoms with Crippen LogP contribution in [-0.2, 0) is 12.7 Å². The Morgan fingerprint density at radius 3 is 2.60 bits per heavy atom. The summed E-state index contributed by atoms with van der Waals surface area (Å²) in [5.74, 6) is 0.624. The van der Waals surface area contributed by atoms with Gasteiger partial charge in [-0.1, -0.05) is 30.3 Å². The van der Waals surface area contributed by atoms with Crippen LogP contribution in [0.5, 0.6) is 11.5 Å². The van der Waals surface area contributed by atoms with Gasteiger partial charge in [0.2, 0.25) is 6.79 Å². The molecule has 10 heteroatoms. The van der Waals surface area contributed by atoms with Crippen LogP contribution >= 0.6 is 0 Å². The first-order valence-electron chi connectivity index (χ1n) is 12.4. The fourth-order valence-electron chi connectivity index (χ4n) is 5.32. The quantitative estimate of drug-likeness (QED) is 0.289. The number of nitrogens with zero attached hydrogens (tertiary/aromatic N) is 1. The topological polar surface area (TPSA) is 84.8 Å². The Hall–Kier alpha value is -4.99. The van der Waals surface area contributed by atoms with Crippen molar-refractivity contribution in [3.05, 3.63) is 117 Å². The summed E-state index contributed by atoms with van der Waals surface area (Å²) >= 11 is 0. The molecule has 1 unspecified atom stereocenters. The van der Waals surface area contributed by atoms with Crippen molar-refractivity contribution in [1.29, 1.82) is 0 Å². The van der Waals surface area contributed by atoms with Crippen LogP contribution in [0.3, 0.4) is 0 Å². The van der Waals surface area contributed by atoms with Gasteiger partial charge in [-0.05, 0) is 54.1 Å². The molecular weight excluding hydrogens is 525 g/mol. The summed E-state index contributed by atoms with van der Waals surface area (Å²) in [5.41, 5.74) is 1.52. The molecule has 0 aliphatic carbocycles. The lowest BCUT2D eigenvalue weighted by Gasteiger charge is -2.25. The molecule has 0 saturated carbocycles. The Morgan fingerprint density at radius 1 is 0.925 bits per heavy atom. The Bertz CT molecular complexity index is 1870. The molecule has 40 heavy (non-hydrogen) atoms. The van der Waals surface area contributed by atoms with Crippen molar-refractivity contribution in [1.82, 2.24) is 9.88 Å². The third kappa shape index (κ3) is 3.83. The second-order valence-corrected chi connectivity index (χ2v) is 9.58. The molecule has 2 aliphatic heterocycles. The number of furan rings is 1. The van der Waals surface area contributed by atoms with E-state index in [0.717, 1.165) is 12.1 Å². The number of pyridine rings is 1. The van der Waals surface area contributed by atoms with Crippen LogP contribution in [0.1, 0.15) is 39.0 Å². The van der Waals surface area contributed by atoms with Gasteiger partial charge in [-0.3, -0.25) is 9.59 Å². The van der Waals surface area contributed by atoms with Crippen LogP contribution in [-0.4, -0.2) is 22.6 Å². The van der Waals surface area contributed by atoms with E-state index >= 15 is 0 Å². The number of rotatable bonds is 3. The Labute approximate surface area is 224 Å². The number of alkyl halides is 3. The molecule has 1 atom stereocenters. The van der Waals surface area contributed by atoms with Crippen molar-refractivity contribution in [2.24, 2.45) is 0 Å². The number of nitrogens with one attached hydrogen (secondary N) is 1. The van der Waals surface area contributed by atoms with E-state index in [0.29, 0.717) is 39.2 Å². The van der Waals surface area contributed by atoms with Crippen molar-refractivity contribution in [3.8, 4) is 22.8 Å². The minimum atomic E-state index is -4.52. The van der Waals surface area contributed by atoms with Crippen LogP contribution in [0.4, 0.5) is 13.2 Å². The van der Waals surface area contributed by atoms with Gasteiger partial charge in [-0.15, -0.1) is 0 Å². The number of hydrogen-bond donors (Lipinski definition) is 1. The number of H-pyrrole nitrogens is 1. The summed E-state index contributed by atoms with van der Waals surface area (Å²) < 4.78 is 56.5. The fraction of sp³-hybridized carbons (Fsp3) is 0.133. The lowest BCUT2D eigenvalue weighted by molar-refractivity contribution is -0.137. The molecule has 7 nitrogen and oxygen atoms in total. The van der Waals surface area contributed by atoms with E-state index in [1.165, 1.54) is 29.2 Å². The SMILES string of the molecule is O=C(c1ccc(-c2cccc(C(F)(F)F)c2)o1)N1Cc2c([nH]c3ccccc3c2=O)C1c1ccc2c(c1)OCO2. The molecule has 3 aromatic carbocycles. The normalized spacial score (nSPS) is 16.0. The second kappa shape index (κ2) is 8.77. The van der Waals surface area contributed by atoms with Crippen LogP contribution < -0.4 is 14.9 Å². The van der Waals surface area contributed by atoms with E-state index in [1.54, 1.807) is 36.4 Å². The Kier molecular flexibility index (Phi) is 5.28. The zero-order chi connectivity index (χ0) is 27.6. The van der Waals surface area contributed by atoms with Gasteiger partial charge in [0.05, 0.1) is 23.8 Å². The third-order valence-corrected chi connectivity index (χ3v) is 7.22. The molecule has 5 aromatic rings. The third-order valence-electron chi connectivity index (χ3n) is 7.22. The average molecular weight is 544 g/mol. The molecule has 0 radical (unpaired) electrons. The molecule has 4 heterocycles. The van der Waals surface area contributed by atoms with Crippen LogP contribution in [0.15, 0.2) is 88.1 Å². The first kappa shape index (κ1) is 24.1. The van der Waals surface area contributed by atoms with Crippen molar-refractivity contribution in [2.45, 2.75) is 18.8 Å². The van der Waals surface area contributed by atoms with Gasteiger partial charge < -0.3 is 23.8 Å². The fourth-order valence-corrected chi connectivity index (χ4v) is 5.32. The van der Waals surface area contributed by atoms with E-state index in [1.807, 2.05) is 6.07 Å². The van der Waals surface area contributed by atoms with Crippen molar-refractivity contribution >= 4 is 16.8 Å². The summed E-state index contributed by atoms with van der Waals surface area (Å²) in [6, 6.07) is 19.3. The minimum Gasteiger partial charge on any atom is -0.454 e. The van der Waals surface area contributed by atoms with Crippen molar-refractivity contribution < 1.29 is 31.9 Å². The van der Waals surface area contributed by atoms with Gasteiger partial charge in [0.25, 0.3) is 5.91 Å². The second-order valence-electron chi connectivity index (χ2n) is 9.58. The predicted molar refractivity (Wildman–Crippen MR) is 138 cm³/mol. The average Bonchev–Trinajstić information content (AvgIpc) is 3.71. The van der Waals surface area contributed by atoms with E-state index in [4.69, 9.17) is 13.9 Å². The van der Waals surface area contributed by atoms with Gasteiger partial charge >= 0.3 is 6.18 Å². The van der Waals surface area contributed by atoms with Gasteiger partial charge in [0.1, 0.15) is 5.76 Å². The number of para-hydroxylation sites is 1. The molecule has 0 saturated heterocycles. The summed E-state index contributed by atoms with van der Waals surface area (Å²) in [5, 5.41) is 0.504. The van der Waals surface area contributed by atoms with E-state index in [-0.39, 0.29) is 35.9 Å². The Balaban J connectivity index is 1.31. The highest BCUT2D eigenvalue weighted by atomic mass is 19.4. The lowest BCUT2D eigenvalue weighted by atomic mass is 10.0. The smallest absolute Gasteiger partial charge is 0.416 e. The number of fused-ring (bicyclic) bond motifs is 3. The molecule has 0 spiro atoms. The maximum absolute atomic E-state index is 13.9. The number of aromatic amines is 1. The van der Waals surface area contributed by atoms with Crippen LogP contribution in [0.25, 0.3) is 22.2 Å². The predicted octanol–water partition coefficient (Wildman–Crippen LogP) is 6.28.